The molecular formula is C13H31N. The van der Waals surface area contributed by atoms with Gasteiger partial charge in [-0.15, -0.1) is 0 Å². The second-order valence-corrected chi connectivity index (χ2v) is 4.84. The van der Waals surface area contributed by atoms with Crippen molar-refractivity contribution in [1.29, 1.82) is 0 Å². The van der Waals surface area contributed by atoms with E-state index in [2.05, 4.69) is 39.5 Å². The lowest BCUT2D eigenvalue weighted by Gasteiger charge is -2.29. The molecule has 0 aliphatic rings. The van der Waals surface area contributed by atoms with Crippen molar-refractivity contribution in [3.05, 3.63) is 0 Å². The Morgan fingerprint density at radius 1 is 0.857 bits per heavy atom. The molecular weight excluding hydrogens is 170 g/mol. The fraction of sp³-hybridized carbons (Fsp3) is 1.00. The molecule has 0 amide bonds. The number of rotatable bonds is 5. The molecule has 0 aromatic heterocycles. The lowest BCUT2D eigenvalue weighted by Crippen LogP contribution is -2.33. The molecule has 0 saturated carbocycles. The van der Waals surface area contributed by atoms with E-state index in [1.165, 1.54) is 32.5 Å². The lowest BCUT2D eigenvalue weighted by atomic mass is 9.96. The highest BCUT2D eigenvalue weighted by Gasteiger charge is 2.14. The molecule has 0 aromatic carbocycles. The van der Waals surface area contributed by atoms with Crippen molar-refractivity contribution < 1.29 is 0 Å². The normalized spacial score (nSPS) is 11.1. The Labute approximate surface area is 91.9 Å². The Balaban J connectivity index is 0. The molecule has 0 aliphatic heterocycles. The van der Waals surface area contributed by atoms with Crippen LogP contribution in [-0.4, -0.2) is 24.5 Å². The molecule has 0 heterocycles. The smallest absolute Gasteiger partial charge is 0.00300 e. The Morgan fingerprint density at radius 3 is 1.43 bits per heavy atom. The first-order valence-electron chi connectivity index (χ1n) is 6.22. The molecule has 88 valence electrons. The largest absolute Gasteiger partial charge is 0.303 e. The van der Waals surface area contributed by atoms with Gasteiger partial charge < -0.3 is 4.90 Å². The Kier molecular flexibility index (Phi) is 11.1. The third kappa shape index (κ3) is 12.0. The van der Waals surface area contributed by atoms with E-state index in [1.807, 2.05) is 13.8 Å². The fourth-order valence-electron chi connectivity index (χ4n) is 1.57. The van der Waals surface area contributed by atoms with Gasteiger partial charge in [-0.3, -0.25) is 0 Å². The maximum atomic E-state index is 2.57. The van der Waals surface area contributed by atoms with Crippen LogP contribution in [0.1, 0.15) is 61.3 Å². The number of hydrogen-bond acceptors (Lipinski definition) is 1. The number of nitrogens with zero attached hydrogens (tertiary/aromatic N) is 1. The maximum Gasteiger partial charge on any atom is 0.00300 e. The molecule has 1 nitrogen and oxygen atoms in total. The highest BCUT2D eigenvalue weighted by molar-refractivity contribution is 4.68. The predicted octanol–water partition coefficient (Wildman–Crippen LogP) is 4.18. The lowest BCUT2D eigenvalue weighted by molar-refractivity contribution is 0.191. The van der Waals surface area contributed by atoms with Gasteiger partial charge in [0.2, 0.25) is 0 Å². The molecule has 0 bridgehead atoms. The minimum Gasteiger partial charge on any atom is -0.303 e. The molecule has 0 spiro atoms. The van der Waals surface area contributed by atoms with Crippen LogP contribution in [0.4, 0.5) is 0 Å². The molecule has 14 heavy (non-hydrogen) atoms. The van der Waals surface area contributed by atoms with Crippen LogP contribution in [0, 0.1) is 5.41 Å². The zero-order chi connectivity index (χ0) is 11.6. The van der Waals surface area contributed by atoms with Crippen molar-refractivity contribution in [2.75, 3.05) is 19.6 Å². The molecule has 0 fully saturated rings. The van der Waals surface area contributed by atoms with Gasteiger partial charge in [-0.2, -0.15) is 0 Å². The maximum absolute atomic E-state index is 2.57. The summed E-state index contributed by atoms with van der Waals surface area (Å²) in [5.41, 5.74) is 0.449. The van der Waals surface area contributed by atoms with Crippen molar-refractivity contribution >= 4 is 0 Å². The molecule has 0 radical (unpaired) electrons. The highest BCUT2D eigenvalue weighted by Crippen LogP contribution is 2.15. The summed E-state index contributed by atoms with van der Waals surface area (Å²) in [6.45, 7) is 19.2. The monoisotopic (exact) mass is 201 g/mol. The van der Waals surface area contributed by atoms with Gasteiger partial charge in [-0.25, -0.2) is 0 Å². The van der Waals surface area contributed by atoms with Crippen molar-refractivity contribution in [3.8, 4) is 0 Å². The van der Waals surface area contributed by atoms with Crippen LogP contribution in [0.3, 0.4) is 0 Å². The second kappa shape index (κ2) is 9.51. The fourth-order valence-corrected chi connectivity index (χ4v) is 1.57. The molecule has 0 N–H and O–H groups in total. The van der Waals surface area contributed by atoms with Gasteiger partial charge in [0.15, 0.2) is 0 Å². The topological polar surface area (TPSA) is 3.24 Å². The summed E-state index contributed by atoms with van der Waals surface area (Å²) in [6, 6.07) is 0. The third-order valence-electron chi connectivity index (χ3n) is 1.78. The van der Waals surface area contributed by atoms with Crippen LogP contribution < -0.4 is 0 Å². The Bertz CT molecular complexity index is 96.3. The predicted molar refractivity (Wildman–Crippen MR) is 67.8 cm³/mol. The summed E-state index contributed by atoms with van der Waals surface area (Å²) in [7, 11) is 0. The summed E-state index contributed by atoms with van der Waals surface area (Å²) in [5, 5.41) is 0. The summed E-state index contributed by atoms with van der Waals surface area (Å²) in [6.07, 6.45) is 2.55. The molecule has 0 aromatic rings. The molecule has 0 atom stereocenters. The van der Waals surface area contributed by atoms with Gasteiger partial charge in [0, 0.05) is 6.54 Å². The average Bonchev–Trinajstić information content (AvgIpc) is 2.06. The highest BCUT2D eigenvalue weighted by atomic mass is 15.1. The van der Waals surface area contributed by atoms with Crippen LogP contribution in [0.15, 0.2) is 0 Å². The first-order chi connectivity index (χ1) is 6.49. The van der Waals surface area contributed by atoms with E-state index in [9.17, 15) is 0 Å². The summed E-state index contributed by atoms with van der Waals surface area (Å²) < 4.78 is 0. The zero-order valence-electron chi connectivity index (χ0n) is 11.5. The SMILES string of the molecule is CC.CCCN(CCC)CC(C)(C)C. The first-order valence-corrected chi connectivity index (χ1v) is 6.22. The van der Waals surface area contributed by atoms with E-state index in [0.29, 0.717) is 5.41 Å². The molecule has 0 rings (SSSR count). The van der Waals surface area contributed by atoms with E-state index in [4.69, 9.17) is 0 Å². The van der Waals surface area contributed by atoms with E-state index in [-0.39, 0.29) is 0 Å². The van der Waals surface area contributed by atoms with E-state index in [1.54, 1.807) is 0 Å². The quantitative estimate of drug-likeness (QED) is 0.645. The van der Waals surface area contributed by atoms with Gasteiger partial charge >= 0.3 is 0 Å². The Hall–Kier alpha value is -0.0400. The van der Waals surface area contributed by atoms with Gasteiger partial charge in [0.05, 0.1) is 0 Å². The van der Waals surface area contributed by atoms with Gasteiger partial charge in [-0.05, 0) is 31.3 Å². The van der Waals surface area contributed by atoms with Gasteiger partial charge in [0.25, 0.3) is 0 Å². The van der Waals surface area contributed by atoms with Crippen LogP contribution >= 0.6 is 0 Å². The minimum atomic E-state index is 0.449. The number of hydrogen-bond donors (Lipinski definition) is 0. The standard InChI is InChI=1S/C11H25N.C2H6/c1-6-8-12(9-7-2)10-11(3,4)5;1-2/h6-10H2,1-5H3;1-2H3. The van der Waals surface area contributed by atoms with Gasteiger partial charge in [0.1, 0.15) is 0 Å². The molecule has 0 saturated heterocycles. The Morgan fingerprint density at radius 2 is 1.21 bits per heavy atom. The molecule has 0 unspecified atom stereocenters. The van der Waals surface area contributed by atoms with Gasteiger partial charge in [-0.1, -0.05) is 48.5 Å². The van der Waals surface area contributed by atoms with Crippen LogP contribution in [-0.2, 0) is 0 Å². The van der Waals surface area contributed by atoms with Crippen LogP contribution in [0.2, 0.25) is 0 Å². The molecule has 1 heteroatoms. The zero-order valence-corrected chi connectivity index (χ0v) is 11.5. The van der Waals surface area contributed by atoms with Crippen LogP contribution in [0.25, 0.3) is 0 Å². The van der Waals surface area contributed by atoms with Crippen LogP contribution in [0.5, 0.6) is 0 Å². The third-order valence-corrected chi connectivity index (χ3v) is 1.78. The van der Waals surface area contributed by atoms with Crippen molar-refractivity contribution in [2.45, 2.75) is 61.3 Å². The summed E-state index contributed by atoms with van der Waals surface area (Å²) >= 11 is 0. The van der Waals surface area contributed by atoms with E-state index >= 15 is 0 Å². The summed E-state index contributed by atoms with van der Waals surface area (Å²) in [4.78, 5) is 2.57. The van der Waals surface area contributed by atoms with E-state index < -0.39 is 0 Å². The summed E-state index contributed by atoms with van der Waals surface area (Å²) in [5.74, 6) is 0. The van der Waals surface area contributed by atoms with Crippen molar-refractivity contribution in [1.82, 2.24) is 4.90 Å². The minimum absolute atomic E-state index is 0.449. The van der Waals surface area contributed by atoms with Crippen molar-refractivity contribution in [2.24, 2.45) is 5.41 Å². The second-order valence-electron chi connectivity index (χ2n) is 4.84. The molecule has 0 aliphatic carbocycles. The first kappa shape index (κ1) is 16.4. The average molecular weight is 201 g/mol. The van der Waals surface area contributed by atoms with E-state index in [0.717, 1.165) is 0 Å². The van der Waals surface area contributed by atoms with Crippen molar-refractivity contribution in [3.63, 3.8) is 0 Å².